The van der Waals surface area contributed by atoms with Gasteiger partial charge in [-0.3, -0.25) is 13.9 Å². The number of aromatic nitrogens is 2. The molecule has 0 spiro atoms. The monoisotopic (exact) mass is 270 g/mol. The van der Waals surface area contributed by atoms with Gasteiger partial charge in [0.15, 0.2) is 0 Å². The molecular weight excluding hydrogens is 260 g/mol. The molecule has 1 heterocycles. The number of hydrogen-bond donors (Lipinski definition) is 2. The molecule has 0 aliphatic rings. The Labute approximate surface area is 101 Å². The molecule has 0 aliphatic carbocycles. The van der Waals surface area contributed by atoms with Crippen molar-refractivity contribution in [2.24, 2.45) is 7.05 Å². The van der Waals surface area contributed by atoms with Crippen LogP contribution in [0.2, 0.25) is 0 Å². The van der Waals surface area contributed by atoms with Crippen LogP contribution in [0.4, 0.5) is 0 Å². The number of H-pyrrole nitrogens is 1. The zero-order chi connectivity index (χ0) is 13.7. The molecule has 0 amide bonds. The summed E-state index contributed by atoms with van der Waals surface area (Å²) in [5.41, 5.74) is -0.940. The van der Waals surface area contributed by atoms with Crippen molar-refractivity contribution in [1.29, 1.82) is 0 Å². The Hall–Kier alpha value is -1.93. The van der Waals surface area contributed by atoms with Crippen LogP contribution in [-0.2, 0) is 17.2 Å². The maximum absolute atomic E-state index is 11.8. The second kappa shape index (κ2) is 3.79. The minimum atomic E-state index is -4.39. The van der Waals surface area contributed by atoms with Crippen molar-refractivity contribution in [3.63, 3.8) is 0 Å². The highest BCUT2D eigenvalue weighted by atomic mass is 32.2. The second-order valence-electron chi connectivity index (χ2n) is 3.88. The zero-order valence-electron chi connectivity index (χ0n) is 9.59. The fourth-order valence-electron chi connectivity index (χ4n) is 1.78. The van der Waals surface area contributed by atoms with Gasteiger partial charge in [0.2, 0.25) is 0 Å². The van der Waals surface area contributed by atoms with Gasteiger partial charge in [-0.1, -0.05) is 0 Å². The molecule has 96 valence electrons. The van der Waals surface area contributed by atoms with Crippen LogP contribution in [0.5, 0.6) is 0 Å². The van der Waals surface area contributed by atoms with E-state index in [0.29, 0.717) is 0 Å². The standard InChI is InChI=1S/C10H10N2O5S/c1-5-7(18(15,16)17)4-3-6-8(5)11-10(14)12(2)9(6)13/h3-4H,1-2H3,(H,11,14)(H,15,16,17). The van der Waals surface area contributed by atoms with Crippen LogP contribution < -0.4 is 11.2 Å². The van der Waals surface area contributed by atoms with E-state index in [-0.39, 0.29) is 21.4 Å². The van der Waals surface area contributed by atoms with Crippen LogP contribution in [0, 0.1) is 6.92 Å². The molecule has 0 bridgehead atoms. The summed E-state index contributed by atoms with van der Waals surface area (Å²) in [5, 5.41) is 0.182. The zero-order valence-corrected chi connectivity index (χ0v) is 10.4. The molecule has 0 radical (unpaired) electrons. The molecule has 0 aliphatic heterocycles. The topological polar surface area (TPSA) is 109 Å². The maximum atomic E-state index is 11.8. The van der Waals surface area contributed by atoms with Gasteiger partial charge in [0.05, 0.1) is 15.8 Å². The average molecular weight is 270 g/mol. The Morgan fingerprint density at radius 2 is 1.89 bits per heavy atom. The predicted octanol–water partition coefficient (Wildman–Crippen LogP) is -0.218. The van der Waals surface area contributed by atoms with Gasteiger partial charge in [-0.2, -0.15) is 8.42 Å². The lowest BCUT2D eigenvalue weighted by Crippen LogP contribution is -2.32. The lowest BCUT2D eigenvalue weighted by molar-refractivity contribution is 0.482. The first-order chi connectivity index (χ1) is 8.23. The van der Waals surface area contributed by atoms with Crippen LogP contribution in [0.15, 0.2) is 26.6 Å². The molecule has 1 aromatic heterocycles. The van der Waals surface area contributed by atoms with Gasteiger partial charge < -0.3 is 4.98 Å². The number of hydrogen-bond acceptors (Lipinski definition) is 4. The van der Waals surface area contributed by atoms with Crippen LogP contribution in [-0.4, -0.2) is 22.5 Å². The van der Waals surface area contributed by atoms with E-state index in [1.54, 1.807) is 0 Å². The molecule has 2 aromatic rings. The Kier molecular flexibility index (Phi) is 2.63. The molecule has 7 nitrogen and oxygen atoms in total. The number of aryl methyl sites for hydroxylation is 1. The molecule has 8 heteroatoms. The van der Waals surface area contributed by atoms with Crippen molar-refractivity contribution in [2.45, 2.75) is 11.8 Å². The van der Waals surface area contributed by atoms with E-state index in [9.17, 15) is 18.0 Å². The summed E-state index contributed by atoms with van der Waals surface area (Å²) in [4.78, 5) is 25.3. The quantitative estimate of drug-likeness (QED) is 0.696. The van der Waals surface area contributed by atoms with Crippen LogP contribution in [0.1, 0.15) is 5.56 Å². The Balaban J connectivity index is 3.07. The van der Waals surface area contributed by atoms with Crippen LogP contribution in [0.3, 0.4) is 0 Å². The van der Waals surface area contributed by atoms with Gasteiger partial charge in [0.1, 0.15) is 0 Å². The highest BCUT2D eigenvalue weighted by molar-refractivity contribution is 7.85. The summed E-state index contributed by atoms with van der Waals surface area (Å²) in [6.07, 6.45) is 0. The smallest absolute Gasteiger partial charge is 0.306 e. The fourth-order valence-corrected chi connectivity index (χ4v) is 2.50. The first-order valence-corrected chi connectivity index (χ1v) is 6.37. The number of nitrogens with zero attached hydrogens (tertiary/aromatic N) is 1. The normalized spacial score (nSPS) is 11.9. The lowest BCUT2D eigenvalue weighted by atomic mass is 10.1. The van der Waals surface area contributed by atoms with E-state index in [1.807, 2.05) is 0 Å². The van der Waals surface area contributed by atoms with Crippen molar-refractivity contribution in [1.82, 2.24) is 9.55 Å². The third kappa shape index (κ3) is 1.75. The second-order valence-corrected chi connectivity index (χ2v) is 5.27. The maximum Gasteiger partial charge on any atom is 0.328 e. The van der Waals surface area contributed by atoms with Gasteiger partial charge in [-0.25, -0.2) is 4.79 Å². The molecule has 0 unspecified atom stereocenters. The van der Waals surface area contributed by atoms with Gasteiger partial charge in [0, 0.05) is 7.05 Å². The number of benzene rings is 1. The first-order valence-electron chi connectivity index (χ1n) is 4.93. The summed E-state index contributed by atoms with van der Waals surface area (Å²) in [6, 6.07) is 2.39. The predicted molar refractivity (Wildman–Crippen MR) is 64.4 cm³/mol. The Bertz CT molecular complexity index is 860. The highest BCUT2D eigenvalue weighted by Gasteiger charge is 2.17. The van der Waals surface area contributed by atoms with Gasteiger partial charge >= 0.3 is 5.69 Å². The highest BCUT2D eigenvalue weighted by Crippen LogP contribution is 2.20. The van der Waals surface area contributed by atoms with E-state index in [2.05, 4.69) is 4.98 Å². The molecule has 0 atom stereocenters. The molecule has 0 saturated carbocycles. The molecule has 0 saturated heterocycles. The third-order valence-corrected chi connectivity index (χ3v) is 3.76. The number of fused-ring (bicyclic) bond motifs is 1. The Morgan fingerprint density at radius 1 is 1.28 bits per heavy atom. The molecule has 2 rings (SSSR count). The molecular formula is C10H10N2O5S. The van der Waals surface area contributed by atoms with Crippen molar-refractivity contribution in [2.75, 3.05) is 0 Å². The van der Waals surface area contributed by atoms with E-state index in [1.165, 1.54) is 20.0 Å². The lowest BCUT2D eigenvalue weighted by Gasteiger charge is -2.07. The Morgan fingerprint density at radius 3 is 2.44 bits per heavy atom. The van der Waals surface area contributed by atoms with E-state index < -0.39 is 21.4 Å². The van der Waals surface area contributed by atoms with E-state index in [4.69, 9.17) is 4.55 Å². The van der Waals surface area contributed by atoms with Crippen molar-refractivity contribution in [3.05, 3.63) is 38.5 Å². The average Bonchev–Trinajstić information content (AvgIpc) is 2.26. The minimum absolute atomic E-state index is 0.109. The fraction of sp³-hybridized carbons (Fsp3) is 0.200. The first kappa shape index (κ1) is 12.5. The largest absolute Gasteiger partial charge is 0.328 e. The number of rotatable bonds is 1. The van der Waals surface area contributed by atoms with Crippen molar-refractivity contribution < 1.29 is 13.0 Å². The van der Waals surface area contributed by atoms with Gasteiger partial charge in [-0.05, 0) is 24.6 Å². The molecule has 1 aromatic carbocycles. The molecule has 2 N–H and O–H groups in total. The minimum Gasteiger partial charge on any atom is -0.306 e. The van der Waals surface area contributed by atoms with E-state index in [0.717, 1.165) is 10.6 Å². The number of aromatic amines is 1. The molecule has 18 heavy (non-hydrogen) atoms. The third-order valence-electron chi connectivity index (χ3n) is 2.76. The van der Waals surface area contributed by atoms with Gasteiger partial charge in [0.25, 0.3) is 15.7 Å². The van der Waals surface area contributed by atoms with Crippen molar-refractivity contribution >= 4 is 21.0 Å². The van der Waals surface area contributed by atoms with Crippen LogP contribution in [0.25, 0.3) is 10.9 Å². The summed E-state index contributed by atoms with van der Waals surface area (Å²) in [6.45, 7) is 1.40. The van der Waals surface area contributed by atoms with Crippen molar-refractivity contribution in [3.8, 4) is 0 Å². The summed E-state index contributed by atoms with van der Waals surface area (Å²) in [7, 11) is -3.08. The summed E-state index contributed by atoms with van der Waals surface area (Å²) < 4.78 is 32.1. The summed E-state index contributed by atoms with van der Waals surface area (Å²) >= 11 is 0. The molecule has 0 fully saturated rings. The number of nitrogens with one attached hydrogen (secondary N) is 1. The van der Waals surface area contributed by atoms with E-state index >= 15 is 0 Å². The van der Waals surface area contributed by atoms with Crippen LogP contribution >= 0.6 is 0 Å². The van der Waals surface area contributed by atoms with Gasteiger partial charge in [-0.15, -0.1) is 0 Å². The summed E-state index contributed by atoms with van der Waals surface area (Å²) in [5.74, 6) is 0. The SMILES string of the molecule is Cc1c(S(=O)(=O)O)ccc2c(=O)n(C)c(=O)[nH]c12.